The van der Waals surface area contributed by atoms with Crippen molar-refractivity contribution in [1.82, 2.24) is 5.32 Å². The van der Waals surface area contributed by atoms with Crippen molar-refractivity contribution < 1.29 is 14.3 Å². The van der Waals surface area contributed by atoms with Crippen molar-refractivity contribution in [1.29, 1.82) is 5.26 Å². The van der Waals surface area contributed by atoms with Crippen LogP contribution in [0.15, 0.2) is 48.5 Å². The predicted octanol–water partition coefficient (Wildman–Crippen LogP) is 2.86. The molecule has 1 unspecified atom stereocenters. The first kappa shape index (κ1) is 17.5. The van der Waals surface area contributed by atoms with Gasteiger partial charge in [-0.25, -0.2) is 0 Å². The van der Waals surface area contributed by atoms with E-state index in [1.54, 1.807) is 55.5 Å². The van der Waals surface area contributed by atoms with Crippen molar-refractivity contribution in [2.75, 3.05) is 5.32 Å². The van der Waals surface area contributed by atoms with Crippen LogP contribution in [-0.4, -0.2) is 24.0 Å². The molecule has 2 aromatic rings. The van der Waals surface area contributed by atoms with E-state index in [0.717, 1.165) is 12.8 Å². The Morgan fingerprint density at radius 3 is 2.35 bits per heavy atom. The highest BCUT2D eigenvalue weighted by Crippen LogP contribution is 2.20. The van der Waals surface area contributed by atoms with Gasteiger partial charge in [0.1, 0.15) is 5.75 Å². The number of nitriles is 1. The molecule has 1 fully saturated rings. The van der Waals surface area contributed by atoms with Crippen molar-refractivity contribution in [3.8, 4) is 11.8 Å². The molecule has 0 radical (unpaired) electrons. The summed E-state index contributed by atoms with van der Waals surface area (Å²) in [6.07, 6.45) is 1.37. The molecule has 6 nitrogen and oxygen atoms in total. The lowest BCUT2D eigenvalue weighted by atomic mass is 10.2. The zero-order valence-corrected chi connectivity index (χ0v) is 14.4. The Bertz CT molecular complexity index is 834. The van der Waals surface area contributed by atoms with Crippen LogP contribution in [0.3, 0.4) is 0 Å². The molecule has 0 bridgehead atoms. The molecule has 3 rings (SSSR count). The molecule has 0 heterocycles. The van der Waals surface area contributed by atoms with Gasteiger partial charge in [0.05, 0.1) is 11.6 Å². The standard InChI is InChI=1S/C20H19N3O3/c1-13(26-18-10-2-14(12-21)3-11-18)19(24)22-16-6-4-15(5-7-16)20(25)23-17-8-9-17/h2-7,10-11,13,17H,8-9H2,1H3,(H,22,24)(H,23,25). The van der Waals surface area contributed by atoms with Gasteiger partial charge in [0.15, 0.2) is 6.10 Å². The van der Waals surface area contributed by atoms with Crippen LogP contribution in [0, 0.1) is 11.3 Å². The summed E-state index contributed by atoms with van der Waals surface area (Å²) in [4.78, 5) is 24.2. The molecule has 1 aliphatic rings. The first-order valence-corrected chi connectivity index (χ1v) is 8.44. The van der Waals surface area contributed by atoms with Gasteiger partial charge in [0, 0.05) is 17.3 Å². The van der Waals surface area contributed by atoms with Crippen LogP contribution in [0.2, 0.25) is 0 Å². The van der Waals surface area contributed by atoms with Crippen LogP contribution in [0.1, 0.15) is 35.7 Å². The van der Waals surface area contributed by atoms with Gasteiger partial charge in [-0.1, -0.05) is 0 Å². The lowest BCUT2D eigenvalue weighted by Crippen LogP contribution is -2.30. The summed E-state index contributed by atoms with van der Waals surface area (Å²) in [6, 6.07) is 15.6. The smallest absolute Gasteiger partial charge is 0.265 e. The van der Waals surface area contributed by atoms with Gasteiger partial charge in [0.25, 0.3) is 11.8 Å². The fraction of sp³-hybridized carbons (Fsp3) is 0.250. The van der Waals surface area contributed by atoms with E-state index in [4.69, 9.17) is 10.00 Å². The van der Waals surface area contributed by atoms with Crippen LogP contribution in [-0.2, 0) is 4.79 Å². The Balaban J connectivity index is 1.54. The van der Waals surface area contributed by atoms with Gasteiger partial charge in [-0.05, 0) is 68.3 Å². The average Bonchev–Trinajstić information content (AvgIpc) is 3.46. The van der Waals surface area contributed by atoms with Crippen LogP contribution >= 0.6 is 0 Å². The van der Waals surface area contributed by atoms with E-state index >= 15 is 0 Å². The molecule has 132 valence electrons. The second kappa shape index (κ2) is 7.70. The largest absolute Gasteiger partial charge is 0.481 e. The molecular weight excluding hydrogens is 330 g/mol. The highest BCUT2D eigenvalue weighted by Gasteiger charge is 2.23. The SMILES string of the molecule is CC(Oc1ccc(C#N)cc1)C(=O)Nc1ccc(C(=O)NC2CC2)cc1. The maximum Gasteiger partial charge on any atom is 0.265 e. The van der Waals surface area contributed by atoms with Crippen molar-refractivity contribution in [3.05, 3.63) is 59.7 Å². The number of nitrogens with zero attached hydrogens (tertiary/aromatic N) is 1. The van der Waals surface area contributed by atoms with E-state index in [2.05, 4.69) is 10.6 Å². The van der Waals surface area contributed by atoms with Crippen LogP contribution in [0.4, 0.5) is 5.69 Å². The third-order valence-corrected chi connectivity index (χ3v) is 3.99. The zero-order valence-electron chi connectivity index (χ0n) is 14.4. The number of rotatable bonds is 6. The number of anilines is 1. The van der Waals surface area contributed by atoms with E-state index in [0.29, 0.717) is 28.6 Å². The number of hydrogen-bond donors (Lipinski definition) is 2. The number of amides is 2. The van der Waals surface area contributed by atoms with Gasteiger partial charge in [-0.3, -0.25) is 9.59 Å². The third kappa shape index (κ3) is 4.61. The first-order chi connectivity index (χ1) is 12.5. The highest BCUT2D eigenvalue weighted by atomic mass is 16.5. The topological polar surface area (TPSA) is 91.2 Å². The Kier molecular flexibility index (Phi) is 5.18. The quantitative estimate of drug-likeness (QED) is 0.839. The van der Waals surface area contributed by atoms with Crippen molar-refractivity contribution in [2.45, 2.75) is 31.9 Å². The molecule has 26 heavy (non-hydrogen) atoms. The Hall–Kier alpha value is -3.33. The average molecular weight is 349 g/mol. The Morgan fingerprint density at radius 1 is 1.12 bits per heavy atom. The number of ether oxygens (including phenoxy) is 1. The molecule has 2 N–H and O–H groups in total. The van der Waals surface area contributed by atoms with E-state index in [-0.39, 0.29) is 11.8 Å². The van der Waals surface area contributed by atoms with Crippen molar-refractivity contribution in [3.63, 3.8) is 0 Å². The van der Waals surface area contributed by atoms with Crippen molar-refractivity contribution in [2.24, 2.45) is 0 Å². The van der Waals surface area contributed by atoms with Crippen LogP contribution in [0.25, 0.3) is 0 Å². The highest BCUT2D eigenvalue weighted by molar-refractivity contribution is 5.97. The first-order valence-electron chi connectivity index (χ1n) is 8.44. The molecule has 0 aliphatic heterocycles. The van der Waals surface area contributed by atoms with Gasteiger partial charge < -0.3 is 15.4 Å². The summed E-state index contributed by atoms with van der Waals surface area (Å²) < 4.78 is 5.57. The second-order valence-electron chi connectivity index (χ2n) is 6.21. The monoisotopic (exact) mass is 349 g/mol. The minimum Gasteiger partial charge on any atom is -0.481 e. The molecule has 2 aromatic carbocycles. The summed E-state index contributed by atoms with van der Waals surface area (Å²) in [5.74, 6) is 0.117. The normalized spacial score (nSPS) is 14.0. The molecule has 0 saturated heterocycles. The molecule has 6 heteroatoms. The van der Waals surface area contributed by atoms with Crippen molar-refractivity contribution >= 4 is 17.5 Å². The molecule has 1 aliphatic carbocycles. The van der Waals surface area contributed by atoms with Gasteiger partial charge in [-0.15, -0.1) is 0 Å². The molecule has 0 spiro atoms. The fourth-order valence-electron chi connectivity index (χ4n) is 2.31. The summed E-state index contributed by atoms with van der Waals surface area (Å²) in [5, 5.41) is 14.5. The van der Waals surface area contributed by atoms with E-state index in [9.17, 15) is 9.59 Å². The predicted molar refractivity (Wildman–Crippen MR) is 96.8 cm³/mol. The van der Waals surface area contributed by atoms with Crippen LogP contribution < -0.4 is 15.4 Å². The fourth-order valence-corrected chi connectivity index (χ4v) is 2.31. The minimum atomic E-state index is -0.708. The van der Waals surface area contributed by atoms with Crippen LogP contribution in [0.5, 0.6) is 5.75 Å². The van der Waals surface area contributed by atoms with Gasteiger partial charge in [0.2, 0.25) is 0 Å². The summed E-state index contributed by atoms with van der Waals surface area (Å²) in [5.41, 5.74) is 1.69. The number of carbonyl (C=O) groups is 2. The molecule has 0 aromatic heterocycles. The minimum absolute atomic E-state index is 0.0945. The summed E-state index contributed by atoms with van der Waals surface area (Å²) in [6.45, 7) is 1.64. The van der Waals surface area contributed by atoms with E-state index < -0.39 is 6.10 Å². The number of hydrogen-bond acceptors (Lipinski definition) is 4. The lowest BCUT2D eigenvalue weighted by Gasteiger charge is -2.15. The lowest BCUT2D eigenvalue weighted by molar-refractivity contribution is -0.122. The Labute approximate surface area is 151 Å². The Morgan fingerprint density at radius 2 is 1.77 bits per heavy atom. The number of benzene rings is 2. The maximum absolute atomic E-state index is 12.2. The summed E-state index contributed by atoms with van der Waals surface area (Å²) in [7, 11) is 0. The van der Waals surface area contributed by atoms with E-state index in [1.165, 1.54) is 0 Å². The maximum atomic E-state index is 12.2. The van der Waals surface area contributed by atoms with Gasteiger partial charge in [-0.2, -0.15) is 5.26 Å². The summed E-state index contributed by atoms with van der Waals surface area (Å²) >= 11 is 0. The number of carbonyl (C=O) groups excluding carboxylic acids is 2. The second-order valence-corrected chi connectivity index (χ2v) is 6.21. The molecular formula is C20H19N3O3. The third-order valence-electron chi connectivity index (χ3n) is 3.99. The van der Waals surface area contributed by atoms with Gasteiger partial charge >= 0.3 is 0 Å². The molecule has 2 amide bonds. The molecule has 1 atom stereocenters. The molecule has 1 saturated carbocycles. The zero-order chi connectivity index (χ0) is 18.5. The van der Waals surface area contributed by atoms with E-state index in [1.807, 2.05) is 6.07 Å². The number of nitrogens with one attached hydrogen (secondary N) is 2.